The van der Waals surface area contributed by atoms with E-state index in [1.54, 1.807) is 12.0 Å². The van der Waals surface area contributed by atoms with Crippen LogP contribution in [0, 0.1) is 0 Å². The minimum atomic E-state index is -0.365. The standard InChI is InChI=1S/C23H28N2O3/c1-23(2,3)19-15-18(25-13-12-20(26)24-22(25)27)14-17(21(19)28-4)11-10-16-8-6-5-7-9-16/h5-9,14-15H,10-13H2,1-4H3,(H,24,26,27). The Kier molecular flexibility index (Phi) is 5.73. The first-order chi connectivity index (χ1) is 13.3. The predicted octanol–water partition coefficient (Wildman–Crippen LogP) is 4.22. The molecule has 0 atom stereocenters. The lowest BCUT2D eigenvalue weighted by atomic mass is 9.83. The molecule has 148 valence electrons. The van der Waals surface area contributed by atoms with Crippen LogP contribution < -0.4 is 15.0 Å². The third-order valence-corrected chi connectivity index (χ3v) is 5.05. The maximum atomic E-state index is 12.4. The molecule has 1 saturated heterocycles. The highest BCUT2D eigenvalue weighted by Gasteiger charge is 2.28. The molecule has 3 amide bonds. The van der Waals surface area contributed by atoms with Crippen LogP contribution in [-0.4, -0.2) is 25.6 Å². The summed E-state index contributed by atoms with van der Waals surface area (Å²) in [6.45, 7) is 6.79. The summed E-state index contributed by atoms with van der Waals surface area (Å²) in [4.78, 5) is 25.5. The van der Waals surface area contributed by atoms with E-state index in [-0.39, 0.29) is 17.4 Å². The SMILES string of the molecule is COc1c(CCc2ccccc2)cc(N2CCC(=O)NC2=O)cc1C(C)(C)C. The number of carbonyl (C=O) groups excluding carboxylic acids is 2. The van der Waals surface area contributed by atoms with Gasteiger partial charge in [0.15, 0.2) is 0 Å². The molecule has 28 heavy (non-hydrogen) atoms. The number of nitrogens with one attached hydrogen (secondary N) is 1. The van der Waals surface area contributed by atoms with Gasteiger partial charge >= 0.3 is 6.03 Å². The summed E-state index contributed by atoms with van der Waals surface area (Å²) >= 11 is 0. The Hall–Kier alpha value is -2.82. The fourth-order valence-electron chi connectivity index (χ4n) is 3.55. The van der Waals surface area contributed by atoms with Crippen LogP contribution in [0.2, 0.25) is 0 Å². The summed E-state index contributed by atoms with van der Waals surface area (Å²) in [5.74, 6) is 0.649. The molecule has 1 heterocycles. The second kappa shape index (κ2) is 8.05. The summed E-state index contributed by atoms with van der Waals surface area (Å²) in [6.07, 6.45) is 2.00. The number of urea groups is 1. The molecule has 0 unspecified atom stereocenters. The lowest BCUT2D eigenvalue weighted by Gasteiger charge is -2.30. The van der Waals surface area contributed by atoms with Crippen LogP contribution in [-0.2, 0) is 23.1 Å². The van der Waals surface area contributed by atoms with Crippen molar-refractivity contribution in [1.82, 2.24) is 5.32 Å². The van der Waals surface area contributed by atoms with Gasteiger partial charge in [-0.1, -0.05) is 51.1 Å². The molecule has 0 bridgehead atoms. The first kappa shape index (κ1) is 19.9. The number of amides is 3. The second-order valence-electron chi connectivity index (χ2n) is 8.18. The van der Waals surface area contributed by atoms with E-state index in [4.69, 9.17) is 4.74 Å². The maximum absolute atomic E-state index is 12.4. The van der Waals surface area contributed by atoms with Crippen LogP contribution in [0.3, 0.4) is 0 Å². The van der Waals surface area contributed by atoms with Gasteiger partial charge in [-0.15, -0.1) is 0 Å². The number of aryl methyl sites for hydroxylation is 2. The van der Waals surface area contributed by atoms with Crippen molar-refractivity contribution >= 4 is 17.6 Å². The first-order valence-electron chi connectivity index (χ1n) is 9.66. The van der Waals surface area contributed by atoms with E-state index in [0.717, 1.165) is 35.4 Å². The van der Waals surface area contributed by atoms with Gasteiger partial charge in [-0.25, -0.2) is 4.79 Å². The Bertz CT molecular complexity index is 869. The Morgan fingerprint density at radius 1 is 1.07 bits per heavy atom. The third-order valence-electron chi connectivity index (χ3n) is 5.05. The summed E-state index contributed by atoms with van der Waals surface area (Å²) in [5, 5.41) is 2.41. The number of ether oxygens (including phenoxy) is 1. The Morgan fingerprint density at radius 2 is 1.79 bits per heavy atom. The van der Waals surface area contributed by atoms with Gasteiger partial charge in [0.1, 0.15) is 5.75 Å². The number of imide groups is 1. The lowest BCUT2D eigenvalue weighted by Crippen LogP contribution is -2.49. The van der Waals surface area contributed by atoms with Crippen molar-refractivity contribution in [1.29, 1.82) is 0 Å². The Morgan fingerprint density at radius 3 is 2.39 bits per heavy atom. The number of hydrogen-bond acceptors (Lipinski definition) is 3. The molecular weight excluding hydrogens is 352 g/mol. The molecule has 0 aromatic heterocycles. The number of nitrogens with zero attached hydrogens (tertiary/aromatic N) is 1. The van der Waals surface area contributed by atoms with Crippen LogP contribution in [0.1, 0.15) is 43.9 Å². The average molecular weight is 380 g/mol. The van der Waals surface area contributed by atoms with E-state index in [9.17, 15) is 9.59 Å². The third kappa shape index (κ3) is 4.35. The van der Waals surface area contributed by atoms with E-state index >= 15 is 0 Å². The van der Waals surface area contributed by atoms with Crippen LogP contribution >= 0.6 is 0 Å². The van der Waals surface area contributed by atoms with Crippen molar-refractivity contribution in [3.8, 4) is 5.75 Å². The highest BCUT2D eigenvalue weighted by molar-refractivity contribution is 6.05. The van der Waals surface area contributed by atoms with Gasteiger partial charge in [-0.2, -0.15) is 0 Å². The zero-order chi connectivity index (χ0) is 20.3. The summed E-state index contributed by atoms with van der Waals surface area (Å²) in [5.41, 5.74) is 4.04. The zero-order valence-corrected chi connectivity index (χ0v) is 17.0. The number of methoxy groups -OCH3 is 1. The van der Waals surface area contributed by atoms with Crippen molar-refractivity contribution in [3.63, 3.8) is 0 Å². The molecule has 0 saturated carbocycles. The molecule has 3 rings (SSSR count). The van der Waals surface area contributed by atoms with Crippen LogP contribution in [0.4, 0.5) is 10.5 Å². The fourth-order valence-corrected chi connectivity index (χ4v) is 3.55. The quantitative estimate of drug-likeness (QED) is 0.845. The smallest absolute Gasteiger partial charge is 0.328 e. The zero-order valence-electron chi connectivity index (χ0n) is 17.0. The van der Waals surface area contributed by atoms with E-state index < -0.39 is 0 Å². The van der Waals surface area contributed by atoms with Gasteiger partial charge in [-0.05, 0) is 41.5 Å². The average Bonchev–Trinajstić information content (AvgIpc) is 2.65. The summed E-state index contributed by atoms with van der Waals surface area (Å²) in [6, 6.07) is 14.0. The number of hydrogen-bond donors (Lipinski definition) is 1. The highest BCUT2D eigenvalue weighted by Crippen LogP contribution is 2.38. The Labute approximate surface area is 166 Å². The monoisotopic (exact) mass is 380 g/mol. The molecule has 1 fully saturated rings. The fraction of sp³-hybridized carbons (Fsp3) is 0.391. The Balaban J connectivity index is 2.01. The van der Waals surface area contributed by atoms with E-state index in [1.165, 1.54) is 5.56 Å². The van der Waals surface area contributed by atoms with Crippen LogP contribution in [0.25, 0.3) is 0 Å². The minimum Gasteiger partial charge on any atom is -0.496 e. The highest BCUT2D eigenvalue weighted by atomic mass is 16.5. The van der Waals surface area contributed by atoms with Crippen LogP contribution in [0.5, 0.6) is 5.75 Å². The molecule has 1 aliphatic heterocycles. The van der Waals surface area contributed by atoms with Crippen molar-refractivity contribution in [2.45, 2.75) is 45.4 Å². The number of carbonyl (C=O) groups is 2. The van der Waals surface area contributed by atoms with Gasteiger partial charge in [0.05, 0.1) is 7.11 Å². The molecule has 0 spiro atoms. The van der Waals surface area contributed by atoms with Gasteiger partial charge in [-0.3, -0.25) is 15.0 Å². The maximum Gasteiger partial charge on any atom is 0.328 e. The molecule has 0 aliphatic carbocycles. The molecule has 0 radical (unpaired) electrons. The van der Waals surface area contributed by atoms with E-state index in [1.807, 2.05) is 30.3 Å². The first-order valence-corrected chi connectivity index (χ1v) is 9.66. The van der Waals surface area contributed by atoms with E-state index in [0.29, 0.717) is 13.0 Å². The van der Waals surface area contributed by atoms with Crippen molar-refractivity contribution in [2.24, 2.45) is 0 Å². The molecule has 2 aromatic carbocycles. The lowest BCUT2D eigenvalue weighted by molar-refractivity contribution is -0.120. The molecule has 5 nitrogen and oxygen atoms in total. The molecular formula is C23H28N2O3. The van der Waals surface area contributed by atoms with Crippen molar-refractivity contribution in [2.75, 3.05) is 18.6 Å². The molecule has 5 heteroatoms. The number of rotatable bonds is 5. The molecule has 1 N–H and O–H groups in total. The van der Waals surface area contributed by atoms with E-state index in [2.05, 4.69) is 38.2 Å². The topological polar surface area (TPSA) is 58.6 Å². The number of benzene rings is 2. The van der Waals surface area contributed by atoms with Gasteiger partial charge < -0.3 is 4.74 Å². The predicted molar refractivity (Wildman–Crippen MR) is 111 cm³/mol. The molecule has 1 aliphatic rings. The second-order valence-corrected chi connectivity index (χ2v) is 8.18. The number of anilines is 1. The van der Waals surface area contributed by atoms with Crippen molar-refractivity contribution < 1.29 is 14.3 Å². The summed E-state index contributed by atoms with van der Waals surface area (Å²) in [7, 11) is 1.70. The molecule has 2 aromatic rings. The van der Waals surface area contributed by atoms with Crippen LogP contribution in [0.15, 0.2) is 42.5 Å². The van der Waals surface area contributed by atoms with Gasteiger partial charge in [0.25, 0.3) is 0 Å². The van der Waals surface area contributed by atoms with Crippen molar-refractivity contribution in [3.05, 3.63) is 59.2 Å². The normalized spacial score (nSPS) is 14.8. The van der Waals surface area contributed by atoms with Gasteiger partial charge in [0, 0.05) is 24.2 Å². The summed E-state index contributed by atoms with van der Waals surface area (Å²) < 4.78 is 5.80. The van der Waals surface area contributed by atoms with Gasteiger partial charge in [0.2, 0.25) is 5.91 Å². The largest absolute Gasteiger partial charge is 0.496 e. The minimum absolute atomic E-state index is 0.148.